The van der Waals surface area contributed by atoms with Gasteiger partial charge in [-0.3, -0.25) is 0 Å². The van der Waals surface area contributed by atoms with Crippen LogP contribution in [0.5, 0.6) is 0 Å². The van der Waals surface area contributed by atoms with Crippen LogP contribution in [0.25, 0.3) is 0 Å². The van der Waals surface area contributed by atoms with Gasteiger partial charge in [0.2, 0.25) is 0 Å². The molecule has 0 radical (unpaired) electrons. The second-order valence-corrected chi connectivity index (χ2v) is 2.85. The zero-order valence-corrected chi connectivity index (χ0v) is 6.02. The summed E-state index contributed by atoms with van der Waals surface area (Å²) in [6.45, 7) is 5.73. The highest BCUT2D eigenvalue weighted by Gasteiger charge is 2.34. The molecule has 8 heavy (non-hydrogen) atoms. The monoisotopic (exact) mass is 113 g/mol. The fourth-order valence-electron chi connectivity index (χ4n) is 1.15. The Morgan fingerprint density at radius 2 is 2.12 bits per heavy atom. The summed E-state index contributed by atoms with van der Waals surface area (Å²) >= 11 is 0. The zero-order chi connectivity index (χ0) is 6.15. The quantitative estimate of drug-likeness (QED) is 0.522. The molecule has 1 nitrogen and oxygen atoms in total. The molecule has 1 fully saturated rings. The molecule has 1 unspecified atom stereocenters. The molecule has 0 heterocycles. The van der Waals surface area contributed by atoms with Crippen LogP contribution < -0.4 is 0 Å². The SMILES string of the molecule is CCN(C)[C@H]1CC1C. The summed E-state index contributed by atoms with van der Waals surface area (Å²) < 4.78 is 0. The average Bonchev–Trinajstić information content (AvgIpc) is 2.45. The van der Waals surface area contributed by atoms with E-state index in [0.717, 1.165) is 12.0 Å². The molecule has 1 rings (SSSR count). The molecule has 0 amide bonds. The van der Waals surface area contributed by atoms with E-state index >= 15 is 0 Å². The van der Waals surface area contributed by atoms with Crippen molar-refractivity contribution in [1.82, 2.24) is 4.90 Å². The van der Waals surface area contributed by atoms with E-state index in [2.05, 4.69) is 25.8 Å². The first-order chi connectivity index (χ1) is 3.75. The van der Waals surface area contributed by atoms with Crippen molar-refractivity contribution in [1.29, 1.82) is 0 Å². The third-order valence-corrected chi connectivity index (χ3v) is 2.13. The van der Waals surface area contributed by atoms with Gasteiger partial charge in [-0.25, -0.2) is 0 Å². The van der Waals surface area contributed by atoms with Gasteiger partial charge < -0.3 is 4.90 Å². The number of hydrogen-bond acceptors (Lipinski definition) is 1. The molecule has 0 saturated heterocycles. The third kappa shape index (κ3) is 1.03. The van der Waals surface area contributed by atoms with Gasteiger partial charge in [0.25, 0.3) is 0 Å². The van der Waals surface area contributed by atoms with Gasteiger partial charge in [-0.2, -0.15) is 0 Å². The lowest BCUT2D eigenvalue weighted by atomic mass is 10.4. The lowest BCUT2D eigenvalue weighted by Crippen LogP contribution is -2.20. The molecule has 1 aliphatic rings. The molecule has 0 aromatic heterocycles. The third-order valence-electron chi connectivity index (χ3n) is 2.13. The van der Waals surface area contributed by atoms with Crippen molar-refractivity contribution in [2.45, 2.75) is 26.3 Å². The lowest BCUT2D eigenvalue weighted by molar-refractivity contribution is 0.329. The summed E-state index contributed by atoms with van der Waals surface area (Å²) in [5, 5.41) is 0. The predicted octanol–water partition coefficient (Wildman–Crippen LogP) is 1.35. The van der Waals surface area contributed by atoms with Gasteiger partial charge in [0.05, 0.1) is 0 Å². The van der Waals surface area contributed by atoms with Gasteiger partial charge >= 0.3 is 0 Å². The normalized spacial score (nSPS) is 36.0. The summed E-state index contributed by atoms with van der Waals surface area (Å²) in [5.74, 6) is 0.972. The van der Waals surface area contributed by atoms with Crippen LogP contribution in [0.2, 0.25) is 0 Å². The molecule has 0 aromatic rings. The Labute approximate surface area is 51.7 Å². The maximum absolute atomic E-state index is 2.42. The number of nitrogens with zero attached hydrogens (tertiary/aromatic N) is 1. The minimum atomic E-state index is 0.917. The Morgan fingerprint density at radius 3 is 2.25 bits per heavy atom. The molecule has 2 atom stereocenters. The first-order valence-corrected chi connectivity index (χ1v) is 3.46. The van der Waals surface area contributed by atoms with Crippen molar-refractivity contribution >= 4 is 0 Å². The van der Waals surface area contributed by atoms with Crippen LogP contribution in [0.1, 0.15) is 20.3 Å². The Bertz CT molecular complexity index is 78.5. The van der Waals surface area contributed by atoms with E-state index in [0.29, 0.717) is 0 Å². The minimum absolute atomic E-state index is 0.917. The van der Waals surface area contributed by atoms with E-state index in [1.54, 1.807) is 0 Å². The minimum Gasteiger partial charge on any atom is -0.303 e. The summed E-state index contributed by atoms with van der Waals surface area (Å²) in [6.07, 6.45) is 1.42. The van der Waals surface area contributed by atoms with Crippen molar-refractivity contribution < 1.29 is 0 Å². The zero-order valence-electron chi connectivity index (χ0n) is 6.02. The summed E-state index contributed by atoms with van der Waals surface area (Å²) in [6, 6.07) is 0.917. The Kier molecular flexibility index (Phi) is 1.57. The topological polar surface area (TPSA) is 3.24 Å². The fraction of sp³-hybridized carbons (Fsp3) is 1.00. The van der Waals surface area contributed by atoms with E-state index < -0.39 is 0 Å². The smallest absolute Gasteiger partial charge is 0.0121 e. The highest BCUT2D eigenvalue weighted by atomic mass is 15.2. The fourth-order valence-corrected chi connectivity index (χ4v) is 1.15. The van der Waals surface area contributed by atoms with Crippen LogP contribution in [-0.4, -0.2) is 24.5 Å². The van der Waals surface area contributed by atoms with E-state index in [-0.39, 0.29) is 0 Å². The van der Waals surface area contributed by atoms with Gasteiger partial charge in [0, 0.05) is 6.04 Å². The van der Waals surface area contributed by atoms with Crippen molar-refractivity contribution in [3.8, 4) is 0 Å². The largest absolute Gasteiger partial charge is 0.303 e. The Hall–Kier alpha value is -0.0400. The second kappa shape index (κ2) is 2.06. The molecule has 48 valence electrons. The maximum Gasteiger partial charge on any atom is 0.0121 e. The average molecular weight is 113 g/mol. The molecule has 0 spiro atoms. The van der Waals surface area contributed by atoms with Crippen LogP contribution in [0, 0.1) is 5.92 Å². The molecular weight excluding hydrogens is 98.1 g/mol. The lowest BCUT2D eigenvalue weighted by Gasteiger charge is -2.11. The summed E-state index contributed by atoms with van der Waals surface area (Å²) in [5.41, 5.74) is 0. The molecule has 0 N–H and O–H groups in total. The molecule has 1 saturated carbocycles. The van der Waals surface area contributed by atoms with Gasteiger partial charge in [-0.15, -0.1) is 0 Å². The van der Waals surface area contributed by atoms with Crippen LogP contribution in [0.15, 0.2) is 0 Å². The molecule has 1 heteroatoms. The molecule has 0 aliphatic heterocycles. The van der Waals surface area contributed by atoms with Crippen LogP contribution >= 0.6 is 0 Å². The highest BCUT2D eigenvalue weighted by Crippen LogP contribution is 2.33. The van der Waals surface area contributed by atoms with Gasteiger partial charge in [-0.1, -0.05) is 13.8 Å². The number of rotatable bonds is 2. The first kappa shape index (κ1) is 6.09. The van der Waals surface area contributed by atoms with Crippen LogP contribution in [-0.2, 0) is 0 Å². The van der Waals surface area contributed by atoms with Gasteiger partial charge in [0.1, 0.15) is 0 Å². The molecule has 0 aromatic carbocycles. The molecular formula is C7H15N. The van der Waals surface area contributed by atoms with Crippen molar-refractivity contribution in [2.75, 3.05) is 13.6 Å². The standard InChI is InChI=1S/C7H15N/c1-4-8(3)7-5-6(7)2/h6-7H,4-5H2,1-3H3/t6?,7-/m0/s1. The Balaban J connectivity index is 2.18. The van der Waals surface area contributed by atoms with Crippen LogP contribution in [0.4, 0.5) is 0 Å². The van der Waals surface area contributed by atoms with Crippen molar-refractivity contribution in [2.24, 2.45) is 5.92 Å². The van der Waals surface area contributed by atoms with Crippen LogP contribution in [0.3, 0.4) is 0 Å². The van der Waals surface area contributed by atoms with E-state index in [1.807, 2.05) is 0 Å². The van der Waals surface area contributed by atoms with Gasteiger partial charge in [0.15, 0.2) is 0 Å². The first-order valence-electron chi connectivity index (χ1n) is 3.46. The van der Waals surface area contributed by atoms with E-state index in [4.69, 9.17) is 0 Å². The summed E-state index contributed by atoms with van der Waals surface area (Å²) in [4.78, 5) is 2.42. The van der Waals surface area contributed by atoms with Crippen molar-refractivity contribution in [3.05, 3.63) is 0 Å². The molecule has 1 aliphatic carbocycles. The summed E-state index contributed by atoms with van der Waals surface area (Å²) in [7, 11) is 2.20. The van der Waals surface area contributed by atoms with Crippen molar-refractivity contribution in [3.63, 3.8) is 0 Å². The second-order valence-electron chi connectivity index (χ2n) is 2.85. The molecule has 0 bridgehead atoms. The predicted molar refractivity (Wildman–Crippen MR) is 35.9 cm³/mol. The Morgan fingerprint density at radius 1 is 1.62 bits per heavy atom. The van der Waals surface area contributed by atoms with E-state index in [9.17, 15) is 0 Å². The number of hydrogen-bond donors (Lipinski definition) is 0. The highest BCUT2D eigenvalue weighted by molar-refractivity contribution is 4.89. The van der Waals surface area contributed by atoms with E-state index in [1.165, 1.54) is 13.0 Å². The van der Waals surface area contributed by atoms with Gasteiger partial charge in [-0.05, 0) is 25.9 Å². The maximum atomic E-state index is 2.42.